The van der Waals surface area contributed by atoms with E-state index < -0.39 is 21.9 Å². The van der Waals surface area contributed by atoms with E-state index in [2.05, 4.69) is 21.5 Å². The number of nitrogens with one attached hydrogen (secondary N) is 2. The molecule has 0 spiro atoms. The first-order valence-corrected chi connectivity index (χ1v) is 18.3. The molecule has 5 aromatic rings. The van der Waals surface area contributed by atoms with E-state index in [1.807, 2.05) is 71.3 Å². The number of anilines is 1. The van der Waals surface area contributed by atoms with Crippen LogP contribution < -0.4 is 10.0 Å². The fourth-order valence-corrected chi connectivity index (χ4v) is 7.19. The van der Waals surface area contributed by atoms with Gasteiger partial charge < -0.3 is 14.6 Å². The van der Waals surface area contributed by atoms with Gasteiger partial charge >= 0.3 is 5.97 Å². The second-order valence-corrected chi connectivity index (χ2v) is 14.3. The summed E-state index contributed by atoms with van der Waals surface area (Å²) in [5.41, 5.74) is 4.00. The van der Waals surface area contributed by atoms with Crippen LogP contribution in [0.2, 0.25) is 5.02 Å². The summed E-state index contributed by atoms with van der Waals surface area (Å²) in [7, 11) is -4.16. The SMILES string of the molecule is CCCCc1ncc(CNc2ccccc2C(=O)OCc2ccccc2)n1Cc1ccc(C(=O)NS(=O)(=O)c2ccc(I)cc2Cl)cc1. The molecule has 1 heterocycles. The number of ether oxygens (including phenoxy) is 1. The van der Waals surface area contributed by atoms with Gasteiger partial charge in [0.15, 0.2) is 0 Å². The van der Waals surface area contributed by atoms with Crippen molar-refractivity contribution in [2.24, 2.45) is 0 Å². The number of amides is 1. The van der Waals surface area contributed by atoms with Crippen LogP contribution in [0.3, 0.4) is 0 Å². The quantitative estimate of drug-likeness (QED) is 0.0877. The van der Waals surface area contributed by atoms with Gasteiger partial charge in [-0.15, -0.1) is 0 Å². The first-order chi connectivity index (χ1) is 23.1. The fraction of sp³-hybridized carbons (Fsp3) is 0.194. The third kappa shape index (κ3) is 9.03. The summed E-state index contributed by atoms with van der Waals surface area (Å²) < 4.78 is 36.3. The molecular formula is C36H34ClIN4O5S. The normalized spacial score (nSPS) is 11.2. The minimum absolute atomic E-state index is 0.0357. The molecule has 0 unspecified atom stereocenters. The monoisotopic (exact) mass is 796 g/mol. The molecule has 2 N–H and O–H groups in total. The number of hydrogen-bond acceptors (Lipinski definition) is 7. The lowest BCUT2D eigenvalue weighted by Crippen LogP contribution is -2.30. The van der Waals surface area contributed by atoms with Crippen LogP contribution in [0.25, 0.3) is 0 Å². The van der Waals surface area contributed by atoms with Crippen LogP contribution >= 0.6 is 34.2 Å². The van der Waals surface area contributed by atoms with Crippen LogP contribution in [0.15, 0.2) is 108 Å². The Morgan fingerprint density at radius 2 is 1.67 bits per heavy atom. The number of aromatic nitrogens is 2. The summed E-state index contributed by atoms with van der Waals surface area (Å²) in [6, 6.07) is 28.0. The molecule has 48 heavy (non-hydrogen) atoms. The molecule has 1 amide bonds. The molecule has 0 fully saturated rings. The summed E-state index contributed by atoms with van der Waals surface area (Å²) in [6.45, 7) is 3.19. The van der Waals surface area contributed by atoms with E-state index in [9.17, 15) is 18.0 Å². The predicted octanol–water partition coefficient (Wildman–Crippen LogP) is 7.62. The van der Waals surface area contributed by atoms with Crippen molar-refractivity contribution in [1.82, 2.24) is 14.3 Å². The topological polar surface area (TPSA) is 119 Å². The van der Waals surface area contributed by atoms with Crippen molar-refractivity contribution in [3.63, 3.8) is 0 Å². The van der Waals surface area contributed by atoms with Crippen molar-refractivity contribution in [3.8, 4) is 0 Å². The number of carbonyl (C=O) groups excluding carboxylic acids is 2. The lowest BCUT2D eigenvalue weighted by atomic mass is 10.1. The largest absolute Gasteiger partial charge is 0.457 e. The second kappa shape index (κ2) is 16.3. The van der Waals surface area contributed by atoms with E-state index in [0.717, 1.165) is 45.5 Å². The van der Waals surface area contributed by atoms with Gasteiger partial charge in [0, 0.05) is 27.8 Å². The fourth-order valence-electron chi connectivity index (χ4n) is 5.00. The molecule has 9 nitrogen and oxygen atoms in total. The van der Waals surface area contributed by atoms with Crippen molar-refractivity contribution in [2.75, 3.05) is 5.32 Å². The minimum Gasteiger partial charge on any atom is -0.457 e. The molecule has 248 valence electrons. The standard InChI is InChI=1S/C36H34ClIN4O5S/c1-2-3-13-34-40-22-29(21-39-32-12-8-7-11-30(32)36(44)47-24-26-9-5-4-6-10-26)42(34)23-25-14-16-27(17-15-25)35(43)41-48(45,46)33-19-18-28(38)20-31(33)37/h4-12,14-20,22,39H,2-3,13,21,23-24H2,1H3,(H,41,43). The highest BCUT2D eigenvalue weighted by atomic mass is 127. The summed E-state index contributed by atoms with van der Waals surface area (Å²) in [6.07, 6.45) is 4.60. The number of carbonyl (C=O) groups is 2. The number of hydrogen-bond donors (Lipinski definition) is 2. The molecule has 0 aliphatic carbocycles. The Kier molecular flexibility index (Phi) is 11.9. The van der Waals surface area contributed by atoms with Gasteiger partial charge in [0.05, 0.1) is 29.0 Å². The van der Waals surface area contributed by atoms with Crippen molar-refractivity contribution >= 4 is 61.8 Å². The van der Waals surface area contributed by atoms with E-state index in [1.54, 1.807) is 42.5 Å². The van der Waals surface area contributed by atoms with Crippen LogP contribution in [0, 0.1) is 3.57 Å². The van der Waals surface area contributed by atoms with Gasteiger partial charge in [0.1, 0.15) is 17.3 Å². The zero-order valence-electron chi connectivity index (χ0n) is 26.2. The Morgan fingerprint density at radius 1 is 0.938 bits per heavy atom. The number of halogens is 2. The van der Waals surface area contributed by atoms with Gasteiger partial charge in [0.2, 0.25) is 0 Å². The molecule has 0 radical (unpaired) electrons. The molecule has 0 saturated heterocycles. The maximum absolute atomic E-state index is 13.0. The Labute approximate surface area is 298 Å². The van der Waals surface area contributed by atoms with Crippen LogP contribution in [0.4, 0.5) is 5.69 Å². The van der Waals surface area contributed by atoms with Crippen LogP contribution in [-0.2, 0) is 40.9 Å². The maximum atomic E-state index is 13.0. The summed E-state index contributed by atoms with van der Waals surface area (Å²) >= 11 is 8.16. The lowest BCUT2D eigenvalue weighted by Gasteiger charge is -2.15. The number of imidazole rings is 1. The lowest BCUT2D eigenvalue weighted by molar-refractivity contribution is 0.0473. The van der Waals surface area contributed by atoms with Crippen molar-refractivity contribution in [2.45, 2.75) is 50.8 Å². The minimum atomic E-state index is -4.16. The molecule has 0 aliphatic heterocycles. The van der Waals surface area contributed by atoms with Crippen LogP contribution in [-0.4, -0.2) is 29.8 Å². The van der Waals surface area contributed by atoms with Gasteiger partial charge in [-0.2, -0.15) is 0 Å². The molecule has 5 rings (SSSR count). The number of nitrogens with zero attached hydrogens (tertiary/aromatic N) is 2. The number of aryl methyl sites for hydroxylation is 1. The van der Waals surface area contributed by atoms with E-state index in [4.69, 9.17) is 21.3 Å². The zero-order chi connectivity index (χ0) is 34.1. The number of sulfonamides is 1. The average molecular weight is 797 g/mol. The van der Waals surface area contributed by atoms with Gasteiger partial charge in [0.25, 0.3) is 15.9 Å². The van der Waals surface area contributed by atoms with Crippen molar-refractivity contribution < 1.29 is 22.7 Å². The number of rotatable bonds is 14. The van der Waals surface area contributed by atoms with Crippen LogP contribution in [0.5, 0.6) is 0 Å². The zero-order valence-corrected chi connectivity index (χ0v) is 29.9. The Bertz CT molecular complexity index is 2000. The highest BCUT2D eigenvalue weighted by Crippen LogP contribution is 2.24. The average Bonchev–Trinajstić information content (AvgIpc) is 3.46. The number of benzene rings is 4. The number of unbranched alkanes of at least 4 members (excludes halogenated alkanes) is 1. The molecule has 1 aromatic heterocycles. The number of esters is 1. The van der Waals surface area contributed by atoms with Gasteiger partial charge in [-0.3, -0.25) is 4.79 Å². The third-order valence-corrected chi connectivity index (χ3v) is 10.0. The molecule has 4 aromatic carbocycles. The van der Waals surface area contributed by atoms with Gasteiger partial charge in [-0.25, -0.2) is 22.9 Å². The summed E-state index contributed by atoms with van der Waals surface area (Å²) in [5.74, 6) is -0.252. The molecular weight excluding hydrogens is 763 g/mol. The second-order valence-electron chi connectivity index (χ2n) is 11.0. The van der Waals surface area contributed by atoms with E-state index in [0.29, 0.717) is 24.3 Å². The van der Waals surface area contributed by atoms with Crippen molar-refractivity contribution in [1.29, 1.82) is 0 Å². The van der Waals surface area contributed by atoms with Crippen molar-refractivity contribution in [3.05, 3.63) is 146 Å². The maximum Gasteiger partial charge on any atom is 0.340 e. The molecule has 0 bridgehead atoms. The highest BCUT2D eigenvalue weighted by molar-refractivity contribution is 14.1. The van der Waals surface area contributed by atoms with Gasteiger partial charge in [-0.1, -0.05) is 79.5 Å². The highest BCUT2D eigenvalue weighted by Gasteiger charge is 2.22. The van der Waals surface area contributed by atoms with E-state index >= 15 is 0 Å². The Morgan fingerprint density at radius 3 is 2.40 bits per heavy atom. The van der Waals surface area contributed by atoms with Gasteiger partial charge in [-0.05, 0) is 82.6 Å². The molecule has 0 aliphatic rings. The molecule has 0 atom stereocenters. The molecule has 12 heteroatoms. The first-order valence-electron chi connectivity index (χ1n) is 15.3. The Balaban J connectivity index is 1.28. The molecule has 0 saturated carbocycles. The first kappa shape index (κ1) is 35.1. The number of para-hydroxylation sites is 1. The predicted molar refractivity (Wildman–Crippen MR) is 195 cm³/mol. The Hall–Kier alpha value is -4.20. The smallest absolute Gasteiger partial charge is 0.340 e. The van der Waals surface area contributed by atoms with E-state index in [-0.39, 0.29) is 22.1 Å². The summed E-state index contributed by atoms with van der Waals surface area (Å²) in [5, 5.41) is 3.42. The van der Waals surface area contributed by atoms with Crippen LogP contribution in [0.1, 0.15) is 63.1 Å². The summed E-state index contributed by atoms with van der Waals surface area (Å²) in [4.78, 5) is 30.4. The van der Waals surface area contributed by atoms with E-state index in [1.165, 1.54) is 12.1 Å². The third-order valence-electron chi connectivity index (χ3n) is 7.56.